The average molecular weight is 543 g/mol. The lowest BCUT2D eigenvalue weighted by molar-refractivity contribution is -0.147. The van der Waals surface area contributed by atoms with Crippen LogP contribution >= 0.6 is 0 Å². The molecule has 210 valence electrons. The van der Waals surface area contributed by atoms with Gasteiger partial charge in [-0.05, 0) is 25.5 Å². The minimum atomic E-state index is -0.787. The van der Waals surface area contributed by atoms with Crippen LogP contribution in [-0.4, -0.2) is 43.2 Å². The van der Waals surface area contributed by atoms with Gasteiger partial charge in [0.2, 0.25) is 5.75 Å². The molecule has 2 aromatic carbocycles. The van der Waals surface area contributed by atoms with E-state index in [-0.39, 0.29) is 35.1 Å². The van der Waals surface area contributed by atoms with Crippen LogP contribution in [0.3, 0.4) is 0 Å². The molecule has 0 fully saturated rings. The van der Waals surface area contributed by atoms with Gasteiger partial charge in [-0.2, -0.15) is 0 Å². The highest BCUT2D eigenvalue weighted by molar-refractivity contribution is 5.95. The van der Waals surface area contributed by atoms with Gasteiger partial charge in [0.25, 0.3) is 5.91 Å². The highest BCUT2D eigenvalue weighted by Crippen LogP contribution is 2.29. The number of aromatic nitrogens is 1. The summed E-state index contributed by atoms with van der Waals surface area (Å²) in [6.07, 6.45) is 1.95. The van der Waals surface area contributed by atoms with Crippen LogP contribution in [0.4, 0.5) is 4.39 Å². The Bertz CT molecular complexity index is 1220. The van der Waals surface area contributed by atoms with Crippen LogP contribution in [-0.2, 0) is 20.7 Å². The first-order valence-corrected chi connectivity index (χ1v) is 12.1. The highest BCUT2D eigenvalue weighted by Gasteiger charge is 2.18. The monoisotopic (exact) mass is 542 g/mol. The van der Waals surface area contributed by atoms with Crippen LogP contribution in [0.1, 0.15) is 48.8 Å². The quantitative estimate of drug-likeness (QED) is 0.401. The molecule has 0 spiro atoms. The number of hydrogen-bond donors (Lipinski definition) is 1. The number of nitrogens with two attached hydrogens (primary N) is 1. The lowest BCUT2D eigenvalue weighted by atomic mass is 10.1. The van der Waals surface area contributed by atoms with Crippen LogP contribution in [0.5, 0.6) is 17.2 Å². The summed E-state index contributed by atoms with van der Waals surface area (Å²) in [5.41, 5.74) is 7.08. The molecule has 0 saturated heterocycles. The van der Waals surface area contributed by atoms with Crippen molar-refractivity contribution in [1.82, 2.24) is 4.98 Å². The van der Waals surface area contributed by atoms with Crippen LogP contribution in [0.15, 0.2) is 60.8 Å². The van der Waals surface area contributed by atoms with E-state index in [0.29, 0.717) is 18.6 Å². The first-order valence-electron chi connectivity index (χ1n) is 12.1. The number of amides is 1. The molecule has 1 aromatic heterocycles. The highest BCUT2D eigenvalue weighted by atomic mass is 19.1. The van der Waals surface area contributed by atoms with Crippen molar-refractivity contribution < 1.29 is 37.7 Å². The van der Waals surface area contributed by atoms with Gasteiger partial charge in [0.05, 0.1) is 14.2 Å². The van der Waals surface area contributed by atoms with Gasteiger partial charge < -0.3 is 24.7 Å². The molecular formula is C29H35FN2O7. The molecule has 1 heterocycles. The smallest absolute Gasteiger partial charge is 0.308 e. The summed E-state index contributed by atoms with van der Waals surface area (Å²) in [5.74, 6) is -1.30. The molecule has 3 aromatic rings. The number of benzene rings is 2. The van der Waals surface area contributed by atoms with Crippen molar-refractivity contribution in [3.05, 3.63) is 83.4 Å². The Balaban J connectivity index is 0.000000315. The minimum Gasteiger partial charge on any atom is -0.496 e. The second-order valence-electron chi connectivity index (χ2n) is 8.12. The van der Waals surface area contributed by atoms with E-state index in [4.69, 9.17) is 24.7 Å². The van der Waals surface area contributed by atoms with Crippen molar-refractivity contribution in [2.45, 2.75) is 46.6 Å². The number of halogens is 1. The second-order valence-corrected chi connectivity index (χ2v) is 8.12. The summed E-state index contributed by atoms with van der Waals surface area (Å²) in [7, 11) is 2.87. The SMILES string of the molecule is CCC(=O)OC(C)Cc1ccc(F)cc1OC.COc1ccnc(C(N)=O)c1OC(C)=O.Cc1ccccc1. The molecule has 0 aliphatic carbocycles. The van der Waals surface area contributed by atoms with Crippen molar-refractivity contribution >= 4 is 17.8 Å². The molecule has 0 bridgehead atoms. The molecule has 1 unspecified atom stereocenters. The van der Waals surface area contributed by atoms with Gasteiger partial charge in [0, 0.05) is 38.1 Å². The van der Waals surface area contributed by atoms with Crippen LogP contribution in [0, 0.1) is 12.7 Å². The maximum atomic E-state index is 13.0. The molecular weight excluding hydrogens is 507 g/mol. The van der Waals surface area contributed by atoms with Crippen molar-refractivity contribution in [2.75, 3.05) is 14.2 Å². The summed E-state index contributed by atoms with van der Waals surface area (Å²) in [4.78, 5) is 36.6. The first-order chi connectivity index (χ1) is 18.5. The molecule has 9 nitrogen and oxygen atoms in total. The number of carbonyl (C=O) groups excluding carboxylic acids is 3. The van der Waals surface area contributed by atoms with Gasteiger partial charge in [-0.25, -0.2) is 9.37 Å². The third-order valence-corrected chi connectivity index (χ3v) is 4.89. The van der Waals surface area contributed by atoms with E-state index in [1.807, 2.05) is 18.2 Å². The molecule has 10 heteroatoms. The number of primary amides is 1. The molecule has 0 saturated carbocycles. The number of rotatable bonds is 8. The lowest BCUT2D eigenvalue weighted by Crippen LogP contribution is -2.16. The second kappa shape index (κ2) is 17.1. The third-order valence-electron chi connectivity index (χ3n) is 4.89. The van der Waals surface area contributed by atoms with Gasteiger partial charge >= 0.3 is 11.9 Å². The fourth-order valence-electron chi connectivity index (χ4n) is 3.09. The predicted molar refractivity (Wildman–Crippen MR) is 144 cm³/mol. The van der Waals surface area contributed by atoms with E-state index in [0.717, 1.165) is 5.56 Å². The van der Waals surface area contributed by atoms with Gasteiger partial charge in [0.15, 0.2) is 11.4 Å². The summed E-state index contributed by atoms with van der Waals surface area (Å²) in [6.45, 7) is 6.83. The number of esters is 2. The van der Waals surface area contributed by atoms with E-state index >= 15 is 0 Å². The van der Waals surface area contributed by atoms with Crippen LogP contribution in [0.2, 0.25) is 0 Å². The fourth-order valence-corrected chi connectivity index (χ4v) is 3.09. The number of nitrogens with zero attached hydrogens (tertiary/aromatic N) is 1. The van der Waals surface area contributed by atoms with Gasteiger partial charge in [-0.1, -0.05) is 48.9 Å². The zero-order valence-corrected chi connectivity index (χ0v) is 23.0. The number of methoxy groups -OCH3 is 2. The van der Waals surface area contributed by atoms with Crippen LogP contribution in [0.25, 0.3) is 0 Å². The molecule has 39 heavy (non-hydrogen) atoms. The maximum absolute atomic E-state index is 13.0. The minimum absolute atomic E-state index is 0.0556. The molecule has 0 aliphatic rings. The standard InChI is InChI=1S/C13H17FO3.C9H10N2O4.C7H8/c1-4-13(15)17-9(2)7-10-5-6-11(14)8-12(10)16-3;1-5(12)15-8-6(14-2)3-4-11-7(8)9(10)13;1-7-5-3-2-4-6-7/h5-6,8-9H,4,7H2,1-3H3;3-4H,1-2H3,(H2,10,13);2-6H,1H3. The zero-order chi connectivity index (χ0) is 29.4. The van der Waals surface area contributed by atoms with Gasteiger partial charge in [-0.15, -0.1) is 0 Å². The van der Waals surface area contributed by atoms with E-state index in [9.17, 15) is 18.8 Å². The fraction of sp³-hybridized carbons (Fsp3) is 0.310. The Morgan fingerprint density at radius 2 is 1.64 bits per heavy atom. The summed E-state index contributed by atoms with van der Waals surface area (Å²) < 4.78 is 32.9. The van der Waals surface area contributed by atoms with Crippen molar-refractivity contribution in [3.8, 4) is 17.2 Å². The Kier molecular flexibility index (Phi) is 14.3. The normalized spacial score (nSPS) is 10.4. The Labute approximate surface area is 228 Å². The Morgan fingerprint density at radius 1 is 1.00 bits per heavy atom. The number of carbonyl (C=O) groups is 3. The van der Waals surface area contributed by atoms with Crippen molar-refractivity contribution in [2.24, 2.45) is 5.73 Å². The predicted octanol–water partition coefficient (Wildman–Crippen LogP) is 4.83. The topological polar surface area (TPSA) is 127 Å². The van der Waals surface area contributed by atoms with Crippen molar-refractivity contribution in [3.63, 3.8) is 0 Å². The van der Waals surface area contributed by atoms with Gasteiger partial charge in [-0.3, -0.25) is 14.4 Å². The lowest BCUT2D eigenvalue weighted by Gasteiger charge is -2.14. The third kappa shape index (κ3) is 12.1. The molecule has 1 amide bonds. The average Bonchev–Trinajstić information content (AvgIpc) is 2.90. The molecule has 1 atom stereocenters. The molecule has 0 radical (unpaired) electrons. The maximum Gasteiger partial charge on any atom is 0.308 e. The zero-order valence-electron chi connectivity index (χ0n) is 23.0. The number of hydrogen-bond acceptors (Lipinski definition) is 8. The number of pyridine rings is 1. The molecule has 3 rings (SSSR count). The van der Waals surface area contributed by atoms with Gasteiger partial charge in [0.1, 0.15) is 17.7 Å². The molecule has 0 aliphatic heterocycles. The largest absolute Gasteiger partial charge is 0.496 e. The van der Waals surface area contributed by atoms with Crippen LogP contribution < -0.4 is 19.9 Å². The van der Waals surface area contributed by atoms with E-state index < -0.39 is 11.9 Å². The van der Waals surface area contributed by atoms with Crippen molar-refractivity contribution in [1.29, 1.82) is 0 Å². The number of aryl methyl sites for hydroxylation is 1. The Morgan fingerprint density at radius 3 is 2.13 bits per heavy atom. The summed E-state index contributed by atoms with van der Waals surface area (Å²) in [6, 6.07) is 16.1. The first kappa shape index (κ1) is 32.6. The van der Waals surface area contributed by atoms with E-state index in [2.05, 4.69) is 24.0 Å². The Hall–Kier alpha value is -4.47. The summed E-state index contributed by atoms with van der Waals surface area (Å²) in [5, 5.41) is 0. The summed E-state index contributed by atoms with van der Waals surface area (Å²) >= 11 is 0. The molecule has 2 N–H and O–H groups in total. The van der Waals surface area contributed by atoms with E-state index in [1.165, 1.54) is 51.1 Å². The number of ether oxygens (including phenoxy) is 4. The van der Waals surface area contributed by atoms with E-state index in [1.54, 1.807) is 19.9 Å².